The number of nitrogens with zero attached hydrogens (tertiary/aromatic N) is 2. The maximum atomic E-state index is 12.1. The monoisotopic (exact) mass is 320 g/mol. The van der Waals surface area contributed by atoms with Crippen molar-refractivity contribution < 1.29 is 14.3 Å². The van der Waals surface area contributed by atoms with Gasteiger partial charge in [0.15, 0.2) is 0 Å². The third kappa shape index (κ3) is 5.43. The van der Waals surface area contributed by atoms with E-state index >= 15 is 0 Å². The van der Waals surface area contributed by atoms with E-state index in [1.165, 1.54) is 0 Å². The van der Waals surface area contributed by atoms with Gasteiger partial charge in [-0.1, -0.05) is 6.07 Å². The van der Waals surface area contributed by atoms with E-state index in [4.69, 9.17) is 4.74 Å². The van der Waals surface area contributed by atoms with Gasteiger partial charge in [0.25, 0.3) is 0 Å². The van der Waals surface area contributed by atoms with Crippen LogP contribution in [0.4, 0.5) is 10.6 Å². The van der Waals surface area contributed by atoms with Crippen LogP contribution in [0.3, 0.4) is 0 Å². The minimum absolute atomic E-state index is 0.0838. The number of nitrogens with one attached hydrogen (secondary N) is 2. The second-order valence-corrected chi connectivity index (χ2v) is 6.57. The third-order valence-corrected chi connectivity index (χ3v) is 3.50. The molecule has 0 aliphatic carbocycles. The van der Waals surface area contributed by atoms with E-state index in [2.05, 4.69) is 15.8 Å². The van der Waals surface area contributed by atoms with Crippen LogP contribution in [0.2, 0.25) is 0 Å². The van der Waals surface area contributed by atoms with E-state index in [9.17, 15) is 9.59 Å². The topological polar surface area (TPSA) is 83.6 Å². The summed E-state index contributed by atoms with van der Waals surface area (Å²) in [6.07, 6.45) is 2.57. The second kappa shape index (κ2) is 7.30. The highest BCUT2D eigenvalue weighted by atomic mass is 16.6. The van der Waals surface area contributed by atoms with Gasteiger partial charge in [-0.25, -0.2) is 9.78 Å². The minimum atomic E-state index is -0.502. The highest BCUT2D eigenvalue weighted by Gasteiger charge is 2.29. The molecule has 1 saturated heterocycles. The molecule has 0 bridgehead atoms. The Morgan fingerprint density at radius 1 is 1.26 bits per heavy atom. The number of rotatable bonds is 3. The summed E-state index contributed by atoms with van der Waals surface area (Å²) in [6.45, 7) is 6.57. The number of anilines is 1. The quantitative estimate of drug-likeness (QED) is 0.834. The number of hydrogen-bond acceptors (Lipinski definition) is 5. The summed E-state index contributed by atoms with van der Waals surface area (Å²) in [5.41, 5.74) is 4.95. The number of aromatic nitrogens is 1. The highest BCUT2D eigenvalue weighted by Crippen LogP contribution is 2.19. The first-order valence-corrected chi connectivity index (χ1v) is 7.80. The molecule has 2 N–H and O–H groups in total. The molecule has 1 aliphatic heterocycles. The summed E-state index contributed by atoms with van der Waals surface area (Å²) in [7, 11) is 0. The lowest BCUT2D eigenvalue weighted by atomic mass is 9.96. The van der Waals surface area contributed by atoms with E-state index in [1.54, 1.807) is 23.2 Å². The van der Waals surface area contributed by atoms with Crippen molar-refractivity contribution in [1.29, 1.82) is 0 Å². The highest BCUT2D eigenvalue weighted by molar-refractivity contribution is 5.80. The van der Waals surface area contributed by atoms with Gasteiger partial charge >= 0.3 is 6.09 Å². The summed E-state index contributed by atoms with van der Waals surface area (Å²) >= 11 is 0. The van der Waals surface area contributed by atoms with Crippen LogP contribution in [0.15, 0.2) is 24.4 Å². The zero-order chi connectivity index (χ0) is 16.9. The van der Waals surface area contributed by atoms with Crippen LogP contribution in [0.1, 0.15) is 33.6 Å². The molecule has 23 heavy (non-hydrogen) atoms. The predicted molar refractivity (Wildman–Crippen MR) is 86.5 cm³/mol. The summed E-state index contributed by atoms with van der Waals surface area (Å²) in [5, 5.41) is 0. The molecule has 7 heteroatoms. The number of hydrogen-bond donors (Lipinski definition) is 2. The number of piperidine rings is 1. The van der Waals surface area contributed by atoms with E-state index < -0.39 is 5.60 Å². The van der Waals surface area contributed by atoms with Crippen LogP contribution < -0.4 is 10.9 Å². The van der Waals surface area contributed by atoms with Crippen molar-refractivity contribution in [2.45, 2.75) is 39.2 Å². The first-order chi connectivity index (χ1) is 10.8. The first kappa shape index (κ1) is 17.1. The van der Waals surface area contributed by atoms with E-state index in [0.717, 1.165) is 0 Å². The fourth-order valence-electron chi connectivity index (χ4n) is 2.32. The second-order valence-electron chi connectivity index (χ2n) is 6.57. The molecule has 0 aromatic carbocycles. The molecule has 2 rings (SSSR count). The molecule has 0 saturated carbocycles. The molecule has 1 aromatic rings. The average molecular weight is 320 g/mol. The standard InChI is InChI=1S/C16H24N4O3/c1-16(2,3)23-15(22)20-10-7-12(8-11-20)14(21)19-18-13-6-4-5-9-17-13/h4-6,9,12H,7-8,10-11H2,1-3H3,(H,17,18)(H,19,21). The molecule has 0 atom stereocenters. The van der Waals surface area contributed by atoms with Crippen LogP contribution >= 0.6 is 0 Å². The zero-order valence-corrected chi connectivity index (χ0v) is 13.8. The van der Waals surface area contributed by atoms with E-state index in [0.29, 0.717) is 31.7 Å². The Labute approximate surface area is 136 Å². The normalized spacial score (nSPS) is 15.9. The lowest BCUT2D eigenvalue weighted by molar-refractivity contribution is -0.125. The molecule has 7 nitrogen and oxygen atoms in total. The molecule has 0 spiro atoms. The van der Waals surface area contributed by atoms with E-state index in [1.807, 2.05) is 26.8 Å². The Kier molecular flexibility index (Phi) is 5.41. The summed E-state index contributed by atoms with van der Waals surface area (Å²) in [5.74, 6) is 0.386. The van der Waals surface area contributed by atoms with Crippen molar-refractivity contribution in [3.8, 4) is 0 Å². The fourth-order valence-corrected chi connectivity index (χ4v) is 2.32. The molecule has 1 fully saturated rings. The number of likely N-dealkylation sites (tertiary alicyclic amines) is 1. The lowest BCUT2D eigenvalue weighted by Crippen LogP contribution is -2.45. The fraction of sp³-hybridized carbons (Fsp3) is 0.562. The number of pyridine rings is 1. The molecule has 1 aliphatic rings. The lowest BCUT2D eigenvalue weighted by Gasteiger charge is -2.32. The van der Waals surface area contributed by atoms with Crippen LogP contribution in [-0.4, -0.2) is 40.6 Å². The zero-order valence-electron chi connectivity index (χ0n) is 13.8. The summed E-state index contributed by atoms with van der Waals surface area (Å²) < 4.78 is 5.34. The van der Waals surface area contributed by atoms with Crippen LogP contribution in [-0.2, 0) is 9.53 Å². The van der Waals surface area contributed by atoms with Crippen molar-refractivity contribution >= 4 is 17.8 Å². The van der Waals surface area contributed by atoms with Gasteiger partial charge in [-0.05, 0) is 45.7 Å². The Balaban J connectivity index is 1.75. The molecular weight excluding hydrogens is 296 g/mol. The number of hydrazine groups is 1. The Bertz CT molecular complexity index is 534. The SMILES string of the molecule is CC(C)(C)OC(=O)N1CCC(C(=O)NNc2ccccn2)CC1. The summed E-state index contributed by atoms with van der Waals surface area (Å²) in [4.78, 5) is 29.8. The van der Waals surface area contributed by atoms with Gasteiger partial charge < -0.3 is 9.64 Å². The van der Waals surface area contributed by atoms with Crippen molar-refractivity contribution in [3.05, 3.63) is 24.4 Å². The maximum Gasteiger partial charge on any atom is 0.410 e. The van der Waals surface area contributed by atoms with Gasteiger partial charge in [0.1, 0.15) is 11.4 Å². The third-order valence-electron chi connectivity index (χ3n) is 3.50. The number of amides is 2. The van der Waals surface area contributed by atoms with Gasteiger partial charge in [-0.2, -0.15) is 0 Å². The van der Waals surface area contributed by atoms with Crippen molar-refractivity contribution in [1.82, 2.24) is 15.3 Å². The number of ether oxygens (including phenoxy) is 1. The van der Waals surface area contributed by atoms with Crippen LogP contribution in [0.25, 0.3) is 0 Å². The maximum absolute atomic E-state index is 12.1. The van der Waals surface area contributed by atoms with Crippen molar-refractivity contribution in [2.24, 2.45) is 5.92 Å². The van der Waals surface area contributed by atoms with Crippen LogP contribution in [0, 0.1) is 5.92 Å². The number of carbonyl (C=O) groups excluding carboxylic acids is 2. The van der Waals surface area contributed by atoms with Gasteiger partial charge in [0.05, 0.1) is 0 Å². The van der Waals surface area contributed by atoms with E-state index in [-0.39, 0.29) is 17.9 Å². The smallest absolute Gasteiger partial charge is 0.410 e. The minimum Gasteiger partial charge on any atom is -0.444 e. The average Bonchev–Trinajstić information content (AvgIpc) is 2.52. The molecule has 2 amide bonds. The molecular formula is C16H24N4O3. The van der Waals surface area contributed by atoms with Gasteiger partial charge in [-0.15, -0.1) is 0 Å². The molecule has 0 radical (unpaired) electrons. The number of carbonyl (C=O) groups is 2. The van der Waals surface area contributed by atoms with Crippen molar-refractivity contribution in [2.75, 3.05) is 18.5 Å². The first-order valence-electron chi connectivity index (χ1n) is 7.80. The predicted octanol–water partition coefficient (Wildman–Crippen LogP) is 2.17. The Morgan fingerprint density at radius 2 is 1.96 bits per heavy atom. The summed E-state index contributed by atoms with van der Waals surface area (Å²) in [6, 6.07) is 5.41. The van der Waals surface area contributed by atoms with Crippen LogP contribution in [0.5, 0.6) is 0 Å². The van der Waals surface area contributed by atoms with Crippen molar-refractivity contribution in [3.63, 3.8) is 0 Å². The largest absolute Gasteiger partial charge is 0.444 e. The molecule has 1 aromatic heterocycles. The molecule has 0 unspecified atom stereocenters. The Hall–Kier alpha value is -2.31. The van der Waals surface area contributed by atoms with Gasteiger partial charge in [-0.3, -0.25) is 15.6 Å². The van der Waals surface area contributed by atoms with Gasteiger partial charge in [0.2, 0.25) is 5.91 Å². The molecule has 2 heterocycles. The molecule has 126 valence electrons. The van der Waals surface area contributed by atoms with Gasteiger partial charge in [0, 0.05) is 25.2 Å². The Morgan fingerprint density at radius 3 is 2.52 bits per heavy atom.